The summed E-state index contributed by atoms with van der Waals surface area (Å²) in [7, 11) is 1.68. The van der Waals surface area contributed by atoms with Crippen LogP contribution in [0.4, 0.5) is 0 Å². The maximum atomic E-state index is 5.95. The van der Waals surface area contributed by atoms with Gasteiger partial charge in [0.25, 0.3) is 0 Å². The van der Waals surface area contributed by atoms with Crippen LogP contribution in [0.2, 0.25) is 5.15 Å². The first-order chi connectivity index (χ1) is 8.20. The highest BCUT2D eigenvalue weighted by molar-refractivity contribution is 9.10. The van der Waals surface area contributed by atoms with E-state index in [1.807, 2.05) is 12.1 Å². The van der Waals surface area contributed by atoms with E-state index in [2.05, 4.69) is 31.2 Å². The third-order valence-electron chi connectivity index (χ3n) is 2.51. The molecule has 1 unspecified atom stereocenters. The summed E-state index contributed by atoms with van der Waals surface area (Å²) < 4.78 is 5.90. The lowest BCUT2D eigenvalue weighted by Crippen LogP contribution is -2.45. The van der Waals surface area contributed by atoms with Crippen LogP contribution in [0.1, 0.15) is 5.56 Å². The third kappa shape index (κ3) is 3.25. The highest BCUT2D eigenvalue weighted by Gasteiger charge is 2.20. The van der Waals surface area contributed by atoms with Crippen molar-refractivity contribution in [3.63, 3.8) is 0 Å². The number of aromatic nitrogens is 1. The minimum atomic E-state index is 0.110. The molecule has 1 N–H and O–H groups in total. The summed E-state index contributed by atoms with van der Waals surface area (Å²) in [6, 6.07) is 3.85. The monoisotopic (exact) mass is 317 g/mol. The molecule has 0 spiro atoms. The predicted octanol–water partition coefficient (Wildman–Crippen LogP) is 1.90. The lowest BCUT2D eigenvalue weighted by atomic mass is 10.0. The van der Waals surface area contributed by atoms with Gasteiger partial charge in [0.15, 0.2) is 0 Å². The van der Waals surface area contributed by atoms with E-state index in [0.717, 1.165) is 24.4 Å². The van der Waals surface area contributed by atoms with Gasteiger partial charge in [-0.2, -0.15) is 0 Å². The van der Waals surface area contributed by atoms with Crippen molar-refractivity contribution in [2.45, 2.75) is 6.04 Å². The first-order valence-corrected chi connectivity index (χ1v) is 6.48. The van der Waals surface area contributed by atoms with Crippen LogP contribution in [0.5, 0.6) is 0 Å². The van der Waals surface area contributed by atoms with Crippen molar-refractivity contribution in [1.82, 2.24) is 10.3 Å². The van der Waals surface area contributed by atoms with Crippen molar-refractivity contribution in [3.8, 4) is 0 Å². The second kappa shape index (κ2) is 5.91. The molecule has 0 aromatic carbocycles. The molecule has 0 aliphatic carbocycles. The molecular formula is C11H13BrClN3O. The van der Waals surface area contributed by atoms with Gasteiger partial charge in [0.05, 0.1) is 24.9 Å². The van der Waals surface area contributed by atoms with Crippen molar-refractivity contribution >= 4 is 33.2 Å². The quantitative estimate of drug-likeness (QED) is 0.866. The van der Waals surface area contributed by atoms with Crippen LogP contribution >= 0.6 is 27.5 Å². The maximum absolute atomic E-state index is 5.95. The van der Waals surface area contributed by atoms with Crippen LogP contribution in [0.3, 0.4) is 0 Å². The Kier molecular flexibility index (Phi) is 4.50. The van der Waals surface area contributed by atoms with E-state index < -0.39 is 0 Å². The minimum Gasteiger partial charge on any atom is -0.383 e. The van der Waals surface area contributed by atoms with E-state index in [-0.39, 0.29) is 6.04 Å². The van der Waals surface area contributed by atoms with Crippen molar-refractivity contribution in [1.29, 1.82) is 0 Å². The molecule has 1 atom stereocenters. The molecule has 1 aliphatic rings. The molecule has 0 radical (unpaired) electrons. The van der Waals surface area contributed by atoms with Gasteiger partial charge < -0.3 is 10.1 Å². The highest BCUT2D eigenvalue weighted by Crippen LogP contribution is 2.18. The lowest BCUT2D eigenvalue weighted by molar-refractivity contribution is 0.184. The first-order valence-electron chi connectivity index (χ1n) is 5.31. The standard InChI is InChI=1S/C11H13BrClN3O/c1-17-6-8-11(15-3-2-14-8)7-4-9(12)16-10(13)5-7/h4-5,8,14H,2-3,6H2,1H3. The zero-order valence-electron chi connectivity index (χ0n) is 9.41. The smallest absolute Gasteiger partial charge is 0.131 e. The van der Waals surface area contributed by atoms with Gasteiger partial charge in [-0.25, -0.2) is 4.98 Å². The summed E-state index contributed by atoms with van der Waals surface area (Å²) in [5.74, 6) is 0. The van der Waals surface area contributed by atoms with Crippen molar-refractivity contribution < 1.29 is 4.74 Å². The predicted molar refractivity (Wildman–Crippen MR) is 72.0 cm³/mol. The summed E-state index contributed by atoms with van der Waals surface area (Å²) in [5, 5.41) is 3.83. The normalized spacial score (nSPS) is 20.2. The van der Waals surface area contributed by atoms with E-state index in [9.17, 15) is 0 Å². The Morgan fingerprint density at radius 3 is 3.12 bits per heavy atom. The van der Waals surface area contributed by atoms with Gasteiger partial charge in [-0.15, -0.1) is 0 Å². The second-order valence-electron chi connectivity index (χ2n) is 3.73. The van der Waals surface area contributed by atoms with Gasteiger partial charge in [0.1, 0.15) is 9.76 Å². The fourth-order valence-corrected chi connectivity index (χ4v) is 2.58. The van der Waals surface area contributed by atoms with E-state index in [1.165, 1.54) is 0 Å². The molecule has 0 saturated heterocycles. The minimum absolute atomic E-state index is 0.110. The number of pyridine rings is 1. The number of rotatable bonds is 3. The summed E-state index contributed by atoms with van der Waals surface area (Å²) in [6.45, 7) is 2.24. The molecule has 0 fully saturated rings. The second-order valence-corrected chi connectivity index (χ2v) is 4.93. The molecule has 17 heavy (non-hydrogen) atoms. The van der Waals surface area contributed by atoms with Crippen molar-refractivity contribution in [2.24, 2.45) is 4.99 Å². The number of halogens is 2. The molecule has 0 saturated carbocycles. The first kappa shape index (κ1) is 13.0. The number of ether oxygens (including phenoxy) is 1. The Morgan fingerprint density at radius 1 is 1.59 bits per heavy atom. The molecule has 0 bridgehead atoms. The Hall–Kier alpha value is -0.490. The number of hydrogen-bond donors (Lipinski definition) is 1. The number of nitrogens with zero attached hydrogens (tertiary/aromatic N) is 2. The Morgan fingerprint density at radius 2 is 2.41 bits per heavy atom. The number of methoxy groups -OCH3 is 1. The van der Waals surface area contributed by atoms with E-state index >= 15 is 0 Å². The molecule has 1 aliphatic heterocycles. The lowest BCUT2D eigenvalue weighted by Gasteiger charge is -2.24. The van der Waals surface area contributed by atoms with Gasteiger partial charge in [-0.05, 0) is 28.1 Å². The zero-order chi connectivity index (χ0) is 12.3. The van der Waals surface area contributed by atoms with Gasteiger partial charge in [-0.3, -0.25) is 4.99 Å². The Bertz CT molecular complexity index is 418. The number of nitrogens with one attached hydrogen (secondary N) is 1. The fourth-order valence-electron chi connectivity index (χ4n) is 1.83. The molecule has 2 heterocycles. The third-order valence-corrected chi connectivity index (χ3v) is 3.11. The summed E-state index contributed by atoms with van der Waals surface area (Å²) >= 11 is 9.28. The van der Waals surface area contributed by atoms with E-state index in [0.29, 0.717) is 16.4 Å². The SMILES string of the molecule is COCC1NCCN=C1c1cc(Cl)nc(Br)c1. The van der Waals surface area contributed by atoms with Gasteiger partial charge in [-0.1, -0.05) is 11.6 Å². The van der Waals surface area contributed by atoms with E-state index in [1.54, 1.807) is 7.11 Å². The van der Waals surface area contributed by atoms with Crippen LogP contribution in [0.15, 0.2) is 21.7 Å². The number of hydrogen-bond acceptors (Lipinski definition) is 4. The molecular weight excluding hydrogens is 305 g/mol. The summed E-state index contributed by atoms with van der Waals surface area (Å²) in [4.78, 5) is 8.62. The van der Waals surface area contributed by atoms with Gasteiger partial charge >= 0.3 is 0 Å². The van der Waals surface area contributed by atoms with Crippen LogP contribution in [0.25, 0.3) is 0 Å². The van der Waals surface area contributed by atoms with Crippen LogP contribution in [0, 0.1) is 0 Å². The summed E-state index contributed by atoms with van der Waals surface area (Å²) in [5.41, 5.74) is 1.95. The maximum Gasteiger partial charge on any atom is 0.131 e. The average Bonchev–Trinajstić information content (AvgIpc) is 2.29. The highest BCUT2D eigenvalue weighted by atomic mass is 79.9. The molecule has 1 aromatic heterocycles. The molecule has 2 rings (SSSR count). The van der Waals surface area contributed by atoms with Crippen molar-refractivity contribution in [3.05, 3.63) is 27.5 Å². The molecule has 92 valence electrons. The summed E-state index contributed by atoms with van der Waals surface area (Å²) in [6.07, 6.45) is 0. The van der Waals surface area contributed by atoms with Crippen molar-refractivity contribution in [2.75, 3.05) is 26.8 Å². The molecule has 0 amide bonds. The molecule has 4 nitrogen and oxygen atoms in total. The number of aliphatic imine (C=N–C) groups is 1. The van der Waals surface area contributed by atoms with Gasteiger partial charge in [0.2, 0.25) is 0 Å². The van der Waals surface area contributed by atoms with Crippen LogP contribution in [-0.2, 0) is 4.74 Å². The molecule has 1 aromatic rings. The fraction of sp³-hybridized carbons (Fsp3) is 0.455. The van der Waals surface area contributed by atoms with E-state index in [4.69, 9.17) is 16.3 Å². The van der Waals surface area contributed by atoms with Gasteiger partial charge in [0, 0.05) is 19.2 Å². The van der Waals surface area contributed by atoms with Crippen LogP contribution < -0.4 is 5.32 Å². The van der Waals surface area contributed by atoms with Crippen LogP contribution in [-0.4, -0.2) is 43.5 Å². The average molecular weight is 319 g/mol. The topological polar surface area (TPSA) is 46.5 Å². The Labute approximate surface area is 114 Å². The molecule has 6 heteroatoms. The zero-order valence-corrected chi connectivity index (χ0v) is 11.8. The largest absolute Gasteiger partial charge is 0.383 e. The Balaban J connectivity index is 2.32.